The van der Waals surface area contributed by atoms with Gasteiger partial charge in [0, 0.05) is 12.6 Å². The molecular weight excluding hydrogens is 359 g/mol. The summed E-state index contributed by atoms with van der Waals surface area (Å²) >= 11 is 0. The summed E-state index contributed by atoms with van der Waals surface area (Å²) in [7, 11) is 1.49. The monoisotopic (exact) mass is 386 g/mol. The van der Waals surface area contributed by atoms with Gasteiger partial charge in [0.05, 0.1) is 18.6 Å². The quantitative estimate of drug-likeness (QED) is 0.809. The maximum Gasteiger partial charge on any atom is 0.318 e. The molecule has 1 aliphatic heterocycles. The van der Waals surface area contributed by atoms with E-state index in [4.69, 9.17) is 4.74 Å². The Morgan fingerprint density at radius 1 is 1.29 bits per heavy atom. The van der Waals surface area contributed by atoms with E-state index in [0.717, 1.165) is 37.7 Å². The number of urea groups is 1. The Morgan fingerprint density at radius 2 is 2.04 bits per heavy atom. The second-order valence-electron chi connectivity index (χ2n) is 9.37. The van der Waals surface area contributed by atoms with Gasteiger partial charge in [-0.1, -0.05) is 12.1 Å². The van der Waals surface area contributed by atoms with Crippen LogP contribution >= 0.6 is 0 Å². The summed E-state index contributed by atoms with van der Waals surface area (Å²) in [6.45, 7) is 0.656. The van der Waals surface area contributed by atoms with E-state index in [1.165, 1.54) is 19.2 Å². The van der Waals surface area contributed by atoms with Gasteiger partial charge in [0.2, 0.25) is 0 Å². The molecule has 0 spiro atoms. The molecule has 150 valence electrons. The molecule has 1 heterocycles. The highest BCUT2D eigenvalue weighted by atomic mass is 19.1. The third-order valence-electron chi connectivity index (χ3n) is 7.58. The molecular formula is C22H27FN2O3. The number of carbonyl (C=O) groups is 2. The summed E-state index contributed by atoms with van der Waals surface area (Å²) < 4.78 is 18.6. The summed E-state index contributed by atoms with van der Waals surface area (Å²) in [4.78, 5) is 27.3. The van der Waals surface area contributed by atoms with Crippen LogP contribution in [0, 0.1) is 29.0 Å². The Bertz CT molecular complexity index is 797. The number of hydrogen-bond acceptors (Lipinski definition) is 3. The van der Waals surface area contributed by atoms with E-state index < -0.39 is 0 Å². The molecule has 4 aliphatic carbocycles. The smallest absolute Gasteiger partial charge is 0.318 e. The number of rotatable bonds is 4. The van der Waals surface area contributed by atoms with Crippen molar-refractivity contribution in [2.75, 3.05) is 13.7 Å². The molecule has 1 aromatic rings. The van der Waals surface area contributed by atoms with Crippen molar-refractivity contribution in [2.45, 2.75) is 50.6 Å². The minimum atomic E-state index is -0.321. The zero-order chi connectivity index (χ0) is 19.5. The maximum absolute atomic E-state index is 13.5. The van der Waals surface area contributed by atoms with E-state index in [0.29, 0.717) is 30.7 Å². The van der Waals surface area contributed by atoms with Gasteiger partial charge in [0.15, 0.2) is 0 Å². The van der Waals surface area contributed by atoms with E-state index >= 15 is 0 Å². The van der Waals surface area contributed by atoms with Crippen LogP contribution in [0.25, 0.3) is 0 Å². The molecule has 1 saturated heterocycles. The van der Waals surface area contributed by atoms with Crippen molar-refractivity contribution in [3.8, 4) is 0 Å². The summed E-state index contributed by atoms with van der Waals surface area (Å²) in [5.41, 5.74) is 0.584. The fraction of sp³-hybridized carbons (Fsp3) is 0.636. The second kappa shape index (κ2) is 6.46. The molecule has 5 aliphatic rings. The molecule has 6 rings (SSSR count). The number of ether oxygens (including phenoxy) is 1. The van der Waals surface area contributed by atoms with E-state index in [9.17, 15) is 14.0 Å². The number of nitrogens with zero attached hydrogens (tertiary/aromatic N) is 1. The van der Waals surface area contributed by atoms with Crippen molar-refractivity contribution in [1.82, 2.24) is 10.2 Å². The van der Waals surface area contributed by atoms with Gasteiger partial charge < -0.3 is 15.0 Å². The second-order valence-corrected chi connectivity index (χ2v) is 9.37. The lowest BCUT2D eigenvalue weighted by Crippen LogP contribution is -2.61. The molecule has 28 heavy (non-hydrogen) atoms. The number of hydrogen-bond donors (Lipinski definition) is 1. The van der Waals surface area contributed by atoms with Crippen LogP contribution < -0.4 is 5.32 Å². The number of amides is 2. The van der Waals surface area contributed by atoms with E-state index in [2.05, 4.69) is 5.32 Å². The molecule has 2 amide bonds. The SMILES string of the molecule is COC(=O)C12CC3CC(C1)C(N1CC(Cc4cccc(F)c4)NC1=O)C(C3)C2. The van der Waals surface area contributed by atoms with Crippen LogP contribution in [0.4, 0.5) is 9.18 Å². The lowest BCUT2D eigenvalue weighted by atomic mass is 9.47. The number of esters is 1. The molecule has 1 aromatic carbocycles. The Balaban J connectivity index is 1.32. The first kappa shape index (κ1) is 18.0. The fourth-order valence-corrected chi connectivity index (χ4v) is 6.92. The van der Waals surface area contributed by atoms with Gasteiger partial charge in [-0.25, -0.2) is 9.18 Å². The normalized spacial score (nSPS) is 38.6. The topological polar surface area (TPSA) is 58.6 Å². The van der Waals surface area contributed by atoms with Crippen LogP contribution in [0.2, 0.25) is 0 Å². The van der Waals surface area contributed by atoms with Crippen LogP contribution in [0.1, 0.15) is 37.7 Å². The zero-order valence-electron chi connectivity index (χ0n) is 16.2. The average molecular weight is 386 g/mol. The minimum Gasteiger partial charge on any atom is -0.469 e. The van der Waals surface area contributed by atoms with E-state index in [1.807, 2.05) is 11.0 Å². The Hall–Kier alpha value is -2.11. The lowest BCUT2D eigenvalue weighted by Gasteiger charge is -2.60. The Kier molecular flexibility index (Phi) is 4.14. The summed E-state index contributed by atoms with van der Waals surface area (Å²) in [5.74, 6) is 1.04. The first-order valence-corrected chi connectivity index (χ1v) is 10.4. The Labute approximate surface area is 164 Å². The van der Waals surface area contributed by atoms with Gasteiger partial charge in [-0.05, 0) is 74.0 Å². The van der Waals surface area contributed by atoms with E-state index in [-0.39, 0.29) is 35.3 Å². The predicted octanol–water partition coefficient (Wildman–Crippen LogP) is 3.13. The third kappa shape index (κ3) is 2.80. The fourth-order valence-electron chi connectivity index (χ4n) is 6.92. The molecule has 3 unspecified atom stereocenters. The van der Waals surface area contributed by atoms with Crippen LogP contribution in [0.15, 0.2) is 24.3 Å². The zero-order valence-corrected chi connectivity index (χ0v) is 16.2. The average Bonchev–Trinajstić information content (AvgIpc) is 3.00. The van der Waals surface area contributed by atoms with Crippen molar-refractivity contribution < 1.29 is 18.7 Å². The largest absolute Gasteiger partial charge is 0.469 e. The maximum atomic E-state index is 13.5. The van der Waals surface area contributed by atoms with Crippen LogP contribution in [-0.2, 0) is 16.0 Å². The van der Waals surface area contributed by atoms with Crippen molar-refractivity contribution in [3.63, 3.8) is 0 Å². The summed E-state index contributed by atoms with van der Waals surface area (Å²) in [6.07, 6.45) is 5.49. The standard InChI is InChI=1S/C22H27FN2O3/c1-28-20(26)22-9-14-5-15(10-22)19(16(6-14)11-22)25-12-18(24-21(25)27)8-13-3-2-4-17(23)7-13/h2-4,7,14-16,18-19H,5-6,8-12H2,1H3,(H,24,27). The predicted molar refractivity (Wildman–Crippen MR) is 101 cm³/mol. The number of benzene rings is 1. The van der Waals surface area contributed by atoms with Crippen molar-refractivity contribution in [1.29, 1.82) is 0 Å². The van der Waals surface area contributed by atoms with Gasteiger partial charge >= 0.3 is 12.0 Å². The van der Waals surface area contributed by atoms with Gasteiger partial charge in [0.1, 0.15) is 5.82 Å². The molecule has 4 saturated carbocycles. The van der Waals surface area contributed by atoms with Crippen LogP contribution in [-0.4, -0.2) is 42.6 Å². The van der Waals surface area contributed by atoms with E-state index in [1.54, 1.807) is 6.07 Å². The van der Waals surface area contributed by atoms with Gasteiger partial charge in [-0.3, -0.25) is 4.79 Å². The van der Waals surface area contributed by atoms with Crippen LogP contribution in [0.5, 0.6) is 0 Å². The number of methoxy groups -OCH3 is 1. The molecule has 4 bridgehead atoms. The molecule has 1 N–H and O–H groups in total. The highest BCUT2D eigenvalue weighted by molar-refractivity contribution is 5.79. The molecule has 6 heteroatoms. The van der Waals surface area contributed by atoms with Gasteiger partial charge in [-0.2, -0.15) is 0 Å². The summed E-state index contributed by atoms with van der Waals surface area (Å²) in [6, 6.07) is 6.80. The molecule has 0 aromatic heterocycles. The number of nitrogens with one attached hydrogen (secondary N) is 1. The first-order valence-electron chi connectivity index (χ1n) is 10.4. The van der Waals surface area contributed by atoms with Crippen LogP contribution in [0.3, 0.4) is 0 Å². The molecule has 3 atom stereocenters. The highest BCUT2D eigenvalue weighted by Crippen LogP contribution is 2.61. The lowest BCUT2D eigenvalue weighted by molar-refractivity contribution is -0.174. The molecule has 0 radical (unpaired) electrons. The van der Waals surface area contributed by atoms with Crippen molar-refractivity contribution in [3.05, 3.63) is 35.6 Å². The number of halogens is 1. The minimum absolute atomic E-state index is 0.000977. The third-order valence-corrected chi connectivity index (χ3v) is 7.58. The summed E-state index contributed by atoms with van der Waals surface area (Å²) in [5, 5.41) is 3.10. The molecule has 5 nitrogen and oxygen atoms in total. The number of carbonyl (C=O) groups excluding carboxylic acids is 2. The van der Waals surface area contributed by atoms with Gasteiger partial charge in [0.25, 0.3) is 0 Å². The van der Waals surface area contributed by atoms with Gasteiger partial charge in [-0.15, -0.1) is 0 Å². The first-order chi connectivity index (χ1) is 13.5. The van der Waals surface area contributed by atoms with Crippen molar-refractivity contribution >= 4 is 12.0 Å². The van der Waals surface area contributed by atoms with Crippen molar-refractivity contribution in [2.24, 2.45) is 23.2 Å². The molecule has 5 fully saturated rings. The Morgan fingerprint density at radius 3 is 2.71 bits per heavy atom. The highest BCUT2D eigenvalue weighted by Gasteiger charge is 2.61.